The topological polar surface area (TPSA) is 108 Å². The van der Waals surface area contributed by atoms with Gasteiger partial charge in [0, 0.05) is 18.7 Å². The fraction of sp³-hybridized carbons (Fsp3) is 0.474. The third-order valence-electron chi connectivity index (χ3n) is 4.55. The molecule has 1 unspecified atom stereocenters. The molecule has 25 heavy (non-hydrogen) atoms. The smallest absolute Gasteiger partial charge is 0.241 e. The average Bonchev–Trinajstić information content (AvgIpc) is 2.64. The summed E-state index contributed by atoms with van der Waals surface area (Å²) in [7, 11) is 0. The summed E-state index contributed by atoms with van der Waals surface area (Å²) in [4.78, 5) is 23.6. The highest BCUT2D eigenvalue weighted by Gasteiger charge is 2.20. The lowest BCUT2D eigenvalue weighted by atomic mass is 9.86. The molecule has 0 saturated heterocycles. The number of rotatable bonds is 8. The molecule has 1 saturated carbocycles. The summed E-state index contributed by atoms with van der Waals surface area (Å²) >= 11 is 0. The van der Waals surface area contributed by atoms with Gasteiger partial charge in [0.2, 0.25) is 11.8 Å². The van der Waals surface area contributed by atoms with Gasteiger partial charge < -0.3 is 16.4 Å². The maximum Gasteiger partial charge on any atom is 0.241 e. The number of hydrogen-bond acceptors (Lipinski definition) is 4. The maximum atomic E-state index is 12.1. The number of anilines is 1. The molecule has 1 atom stereocenters. The molecule has 1 aromatic rings. The number of nitrogens with one attached hydrogen (secondary N) is 2. The van der Waals surface area contributed by atoms with Gasteiger partial charge in [0.1, 0.15) is 6.04 Å². The molecular formula is C19H25N4O2. The third-order valence-corrected chi connectivity index (χ3v) is 4.55. The van der Waals surface area contributed by atoms with E-state index in [4.69, 9.17) is 11.0 Å². The van der Waals surface area contributed by atoms with E-state index in [0.717, 1.165) is 12.1 Å². The van der Waals surface area contributed by atoms with E-state index in [0.29, 0.717) is 11.5 Å². The summed E-state index contributed by atoms with van der Waals surface area (Å²) in [6.07, 6.45) is 8.48. The highest BCUT2D eigenvalue weighted by atomic mass is 16.2. The number of carbonyl (C=O) groups excluding carboxylic acids is 2. The first-order valence-corrected chi connectivity index (χ1v) is 8.75. The molecule has 0 heterocycles. The second-order valence-electron chi connectivity index (χ2n) is 6.48. The molecular weight excluding hydrogens is 316 g/mol. The maximum absolute atomic E-state index is 12.1. The molecule has 1 aliphatic rings. The number of nitriles is 1. The second-order valence-corrected chi connectivity index (χ2v) is 6.48. The van der Waals surface area contributed by atoms with Crippen molar-refractivity contribution in [1.29, 1.82) is 5.26 Å². The predicted molar refractivity (Wildman–Crippen MR) is 96.3 cm³/mol. The largest absolute Gasteiger partial charge is 0.382 e. The van der Waals surface area contributed by atoms with Gasteiger partial charge in [0.05, 0.1) is 11.6 Å². The molecule has 1 fully saturated rings. The number of amides is 2. The van der Waals surface area contributed by atoms with Crippen LogP contribution in [0.3, 0.4) is 0 Å². The van der Waals surface area contributed by atoms with Crippen LogP contribution < -0.4 is 16.4 Å². The van der Waals surface area contributed by atoms with Crippen molar-refractivity contribution in [3.63, 3.8) is 0 Å². The molecule has 133 valence electrons. The Labute approximate surface area is 148 Å². The van der Waals surface area contributed by atoms with Crippen molar-refractivity contribution >= 4 is 17.5 Å². The van der Waals surface area contributed by atoms with Crippen molar-refractivity contribution in [3.05, 3.63) is 36.2 Å². The van der Waals surface area contributed by atoms with Crippen LogP contribution in [0, 0.1) is 23.7 Å². The van der Waals surface area contributed by atoms with Gasteiger partial charge >= 0.3 is 0 Å². The van der Waals surface area contributed by atoms with Gasteiger partial charge in [-0.1, -0.05) is 32.1 Å². The van der Waals surface area contributed by atoms with Crippen molar-refractivity contribution < 1.29 is 9.59 Å². The summed E-state index contributed by atoms with van der Waals surface area (Å²) < 4.78 is 0. The van der Waals surface area contributed by atoms with Crippen molar-refractivity contribution in [1.82, 2.24) is 5.32 Å². The molecule has 2 amide bonds. The number of carbonyl (C=O) groups is 2. The van der Waals surface area contributed by atoms with Crippen LogP contribution in [-0.2, 0) is 9.59 Å². The minimum absolute atomic E-state index is 0.199. The molecule has 0 spiro atoms. The molecule has 6 nitrogen and oxygen atoms in total. The Hall–Kier alpha value is -2.55. The van der Waals surface area contributed by atoms with E-state index < -0.39 is 11.9 Å². The van der Waals surface area contributed by atoms with Crippen LogP contribution >= 0.6 is 0 Å². The van der Waals surface area contributed by atoms with Crippen LogP contribution in [0.25, 0.3) is 0 Å². The van der Waals surface area contributed by atoms with Gasteiger partial charge in [-0.3, -0.25) is 9.59 Å². The molecule has 2 rings (SSSR count). The van der Waals surface area contributed by atoms with Gasteiger partial charge in [-0.25, -0.2) is 0 Å². The van der Waals surface area contributed by atoms with E-state index >= 15 is 0 Å². The van der Waals surface area contributed by atoms with Gasteiger partial charge in [0.15, 0.2) is 0 Å². The fourth-order valence-corrected chi connectivity index (χ4v) is 3.03. The minimum Gasteiger partial charge on any atom is -0.382 e. The molecule has 0 aromatic heterocycles. The molecule has 1 radical (unpaired) electrons. The average molecular weight is 341 g/mol. The first-order chi connectivity index (χ1) is 12.1. The zero-order valence-electron chi connectivity index (χ0n) is 14.3. The summed E-state index contributed by atoms with van der Waals surface area (Å²) in [6.45, 7) is 0.199. The SMILES string of the molecule is N#Cc1ccc(NCC(NC(=O)[CH]CC2CCCCC2)C(N)=O)cc1. The molecule has 4 N–H and O–H groups in total. The second kappa shape index (κ2) is 9.67. The van der Waals surface area contributed by atoms with Crippen molar-refractivity contribution in [3.8, 4) is 6.07 Å². The van der Waals surface area contributed by atoms with Crippen LogP contribution in [-0.4, -0.2) is 24.4 Å². The van der Waals surface area contributed by atoms with Crippen molar-refractivity contribution in [2.24, 2.45) is 11.7 Å². The van der Waals surface area contributed by atoms with Crippen LogP contribution in [0.1, 0.15) is 44.1 Å². The lowest BCUT2D eigenvalue weighted by molar-refractivity contribution is -0.125. The van der Waals surface area contributed by atoms with Crippen LogP contribution in [0.15, 0.2) is 24.3 Å². The molecule has 1 aromatic carbocycles. The van der Waals surface area contributed by atoms with Crippen LogP contribution in [0.5, 0.6) is 0 Å². The number of hydrogen-bond donors (Lipinski definition) is 3. The highest BCUT2D eigenvalue weighted by molar-refractivity contribution is 5.90. The summed E-state index contributed by atoms with van der Waals surface area (Å²) in [5.41, 5.74) is 6.70. The molecule has 1 aliphatic carbocycles. The standard InChI is InChI=1S/C19H25N4O2/c20-12-15-6-9-16(10-7-15)22-13-17(19(21)25)23-18(24)11-8-14-4-2-1-3-5-14/h6-7,9-11,14,17,22H,1-5,8,13H2,(H2,21,25)(H,23,24). The molecule has 6 heteroatoms. The Kier molecular flexibility index (Phi) is 7.27. The monoisotopic (exact) mass is 341 g/mol. The Bertz CT molecular complexity index is 615. The molecule has 0 aliphatic heterocycles. The van der Waals surface area contributed by atoms with Crippen molar-refractivity contribution in [2.75, 3.05) is 11.9 Å². The third kappa shape index (κ3) is 6.46. The van der Waals surface area contributed by atoms with E-state index in [1.165, 1.54) is 32.1 Å². The number of benzene rings is 1. The first-order valence-electron chi connectivity index (χ1n) is 8.75. The zero-order valence-corrected chi connectivity index (χ0v) is 14.3. The van der Waals surface area contributed by atoms with Gasteiger partial charge in [-0.2, -0.15) is 5.26 Å². The minimum atomic E-state index is -0.786. The quantitative estimate of drug-likeness (QED) is 0.673. The lowest BCUT2D eigenvalue weighted by Crippen LogP contribution is -2.48. The highest BCUT2D eigenvalue weighted by Crippen LogP contribution is 2.26. The first kappa shape index (κ1) is 18.8. The van der Waals surface area contributed by atoms with E-state index in [-0.39, 0.29) is 12.5 Å². The van der Waals surface area contributed by atoms with E-state index in [9.17, 15) is 9.59 Å². The predicted octanol–water partition coefficient (Wildman–Crippen LogP) is 2.11. The number of nitrogens with zero attached hydrogens (tertiary/aromatic N) is 1. The molecule has 0 bridgehead atoms. The normalized spacial score (nSPS) is 15.8. The van der Waals surface area contributed by atoms with Crippen molar-refractivity contribution in [2.45, 2.75) is 44.6 Å². The Balaban J connectivity index is 1.77. The number of primary amides is 1. The Morgan fingerprint density at radius 1 is 1.24 bits per heavy atom. The lowest BCUT2D eigenvalue weighted by Gasteiger charge is -2.21. The zero-order chi connectivity index (χ0) is 18.1. The summed E-state index contributed by atoms with van der Waals surface area (Å²) in [6, 6.07) is 8.10. The van der Waals surface area contributed by atoms with Gasteiger partial charge in [-0.15, -0.1) is 0 Å². The van der Waals surface area contributed by atoms with Gasteiger partial charge in [-0.05, 0) is 36.6 Å². The Morgan fingerprint density at radius 3 is 2.52 bits per heavy atom. The number of nitrogens with two attached hydrogens (primary N) is 1. The summed E-state index contributed by atoms with van der Waals surface area (Å²) in [5.74, 6) is -0.264. The van der Waals surface area contributed by atoms with Crippen LogP contribution in [0.4, 0.5) is 5.69 Å². The van der Waals surface area contributed by atoms with E-state index in [1.54, 1.807) is 30.7 Å². The Morgan fingerprint density at radius 2 is 1.92 bits per heavy atom. The summed E-state index contributed by atoms with van der Waals surface area (Å²) in [5, 5.41) is 14.5. The van der Waals surface area contributed by atoms with E-state index in [2.05, 4.69) is 10.6 Å². The van der Waals surface area contributed by atoms with Crippen LogP contribution in [0.2, 0.25) is 0 Å². The van der Waals surface area contributed by atoms with E-state index in [1.807, 2.05) is 6.07 Å². The van der Waals surface area contributed by atoms with Gasteiger partial charge in [0.25, 0.3) is 0 Å². The fourth-order valence-electron chi connectivity index (χ4n) is 3.03.